The summed E-state index contributed by atoms with van der Waals surface area (Å²) < 4.78 is 0. The van der Waals surface area contributed by atoms with Crippen molar-refractivity contribution in [3.05, 3.63) is 0 Å². The highest BCUT2D eigenvalue weighted by molar-refractivity contribution is 6.17. The zero-order valence-electron chi connectivity index (χ0n) is 11.8. The number of rotatable bonds is 7. The van der Waals surface area contributed by atoms with Gasteiger partial charge in [-0.25, -0.2) is 0 Å². The van der Waals surface area contributed by atoms with Crippen molar-refractivity contribution in [3.8, 4) is 0 Å². The number of likely N-dealkylation sites (tertiary alicyclic amines) is 1. The normalized spacial score (nSPS) is 21.0. The van der Waals surface area contributed by atoms with E-state index < -0.39 is 0 Å². The van der Waals surface area contributed by atoms with Crippen LogP contribution in [0.2, 0.25) is 0 Å². The van der Waals surface area contributed by atoms with Gasteiger partial charge in [0.15, 0.2) is 0 Å². The third kappa shape index (κ3) is 5.58. The minimum atomic E-state index is 0.769. The molecule has 1 aliphatic rings. The van der Waals surface area contributed by atoms with E-state index in [1.807, 2.05) is 0 Å². The molecule has 0 aromatic heterocycles. The molecule has 0 bridgehead atoms. The van der Waals surface area contributed by atoms with Gasteiger partial charge in [-0.3, -0.25) is 0 Å². The van der Waals surface area contributed by atoms with Gasteiger partial charge in [0, 0.05) is 11.9 Å². The summed E-state index contributed by atoms with van der Waals surface area (Å²) >= 11 is 5.77. The number of piperidine rings is 1. The fraction of sp³-hybridized carbons (Fsp3) is 1.00. The van der Waals surface area contributed by atoms with Gasteiger partial charge in [0.05, 0.1) is 0 Å². The van der Waals surface area contributed by atoms with Crippen molar-refractivity contribution in [2.45, 2.75) is 45.6 Å². The van der Waals surface area contributed by atoms with Crippen LogP contribution in [-0.4, -0.2) is 54.9 Å². The van der Waals surface area contributed by atoms with E-state index >= 15 is 0 Å². The monoisotopic (exact) mass is 260 g/mol. The molecule has 1 heterocycles. The van der Waals surface area contributed by atoms with Crippen LogP contribution in [0.5, 0.6) is 0 Å². The molecule has 1 saturated heterocycles. The smallest absolute Gasteiger partial charge is 0.0225 e. The quantitative estimate of drug-likeness (QED) is 0.650. The van der Waals surface area contributed by atoms with Crippen molar-refractivity contribution in [1.82, 2.24) is 9.80 Å². The lowest BCUT2D eigenvalue weighted by Gasteiger charge is -2.36. The van der Waals surface area contributed by atoms with E-state index in [1.54, 1.807) is 0 Å². The summed E-state index contributed by atoms with van der Waals surface area (Å²) in [5.74, 6) is 1.57. The SMILES string of the molecule is CCN1CCC(N(C)CCC(C)CCCl)CC1. The Labute approximate surface area is 112 Å². The molecule has 0 amide bonds. The van der Waals surface area contributed by atoms with Gasteiger partial charge in [0.1, 0.15) is 0 Å². The van der Waals surface area contributed by atoms with Gasteiger partial charge >= 0.3 is 0 Å². The average molecular weight is 261 g/mol. The lowest BCUT2D eigenvalue weighted by atomic mass is 10.0. The molecule has 0 aliphatic carbocycles. The molecule has 1 aliphatic heterocycles. The van der Waals surface area contributed by atoms with Crippen molar-refractivity contribution >= 4 is 11.6 Å². The molecule has 17 heavy (non-hydrogen) atoms. The molecule has 0 spiro atoms. The summed E-state index contributed by atoms with van der Waals surface area (Å²) in [6, 6.07) is 0.806. The van der Waals surface area contributed by atoms with Crippen molar-refractivity contribution in [2.75, 3.05) is 39.1 Å². The lowest BCUT2D eigenvalue weighted by Crippen LogP contribution is -2.43. The van der Waals surface area contributed by atoms with Crippen LogP contribution >= 0.6 is 11.6 Å². The third-order valence-corrected chi connectivity index (χ3v) is 4.42. The first-order valence-electron chi connectivity index (χ1n) is 7.16. The molecule has 102 valence electrons. The van der Waals surface area contributed by atoms with Crippen molar-refractivity contribution < 1.29 is 0 Å². The highest BCUT2D eigenvalue weighted by atomic mass is 35.5. The topological polar surface area (TPSA) is 6.48 Å². The van der Waals surface area contributed by atoms with Crippen LogP contribution in [0.15, 0.2) is 0 Å². The van der Waals surface area contributed by atoms with E-state index in [9.17, 15) is 0 Å². The first kappa shape index (κ1) is 15.3. The standard InChI is InChI=1S/C14H29ClN2/c1-4-17-11-7-14(8-12-17)16(3)10-6-13(2)5-9-15/h13-14H,4-12H2,1-3H3. The Kier molecular flexibility index (Phi) is 7.49. The number of halogens is 1. The van der Waals surface area contributed by atoms with E-state index in [-0.39, 0.29) is 0 Å². The molecule has 1 fully saturated rings. The first-order chi connectivity index (χ1) is 8.17. The first-order valence-corrected chi connectivity index (χ1v) is 7.69. The zero-order valence-corrected chi connectivity index (χ0v) is 12.5. The second-order valence-electron chi connectivity index (χ2n) is 5.52. The fourth-order valence-electron chi connectivity index (χ4n) is 2.61. The molecule has 1 rings (SSSR count). The Hall–Kier alpha value is 0.210. The molecular weight excluding hydrogens is 232 g/mol. The minimum absolute atomic E-state index is 0.769. The van der Waals surface area contributed by atoms with Crippen LogP contribution in [0, 0.1) is 5.92 Å². The molecule has 2 nitrogen and oxygen atoms in total. The van der Waals surface area contributed by atoms with Gasteiger partial charge in [0.2, 0.25) is 0 Å². The molecule has 1 atom stereocenters. The van der Waals surface area contributed by atoms with Crippen molar-refractivity contribution in [3.63, 3.8) is 0 Å². The molecule has 0 radical (unpaired) electrons. The second-order valence-corrected chi connectivity index (χ2v) is 5.90. The molecule has 0 saturated carbocycles. The van der Waals surface area contributed by atoms with Gasteiger partial charge in [-0.1, -0.05) is 13.8 Å². The summed E-state index contributed by atoms with van der Waals surface area (Å²) in [6.07, 6.45) is 5.13. The van der Waals surface area contributed by atoms with Gasteiger partial charge in [-0.15, -0.1) is 11.6 Å². The Morgan fingerprint density at radius 2 is 1.94 bits per heavy atom. The third-order valence-electron chi connectivity index (χ3n) is 4.20. The summed E-state index contributed by atoms with van der Waals surface area (Å²) in [5, 5.41) is 0. The number of alkyl halides is 1. The van der Waals surface area contributed by atoms with E-state index in [1.165, 1.54) is 45.4 Å². The summed E-state index contributed by atoms with van der Waals surface area (Å²) in [6.45, 7) is 9.58. The van der Waals surface area contributed by atoms with Crippen molar-refractivity contribution in [1.29, 1.82) is 0 Å². The summed E-state index contributed by atoms with van der Waals surface area (Å²) in [7, 11) is 2.29. The Morgan fingerprint density at radius 1 is 1.29 bits per heavy atom. The lowest BCUT2D eigenvalue weighted by molar-refractivity contribution is 0.127. The Balaban J connectivity index is 2.17. The Morgan fingerprint density at radius 3 is 2.47 bits per heavy atom. The average Bonchev–Trinajstić information content (AvgIpc) is 2.36. The number of nitrogens with zero attached hydrogens (tertiary/aromatic N) is 2. The van der Waals surface area contributed by atoms with Crippen molar-refractivity contribution in [2.24, 2.45) is 5.92 Å². The van der Waals surface area contributed by atoms with Gasteiger partial charge in [-0.2, -0.15) is 0 Å². The number of hydrogen-bond acceptors (Lipinski definition) is 2. The predicted molar refractivity (Wildman–Crippen MR) is 76.9 cm³/mol. The second kappa shape index (κ2) is 8.34. The minimum Gasteiger partial charge on any atom is -0.303 e. The van der Waals surface area contributed by atoms with E-state index in [0.717, 1.165) is 24.3 Å². The van der Waals surface area contributed by atoms with E-state index in [4.69, 9.17) is 11.6 Å². The zero-order chi connectivity index (χ0) is 12.7. The molecule has 0 aromatic carbocycles. The van der Waals surface area contributed by atoms with E-state index in [2.05, 4.69) is 30.7 Å². The highest BCUT2D eigenvalue weighted by Gasteiger charge is 2.21. The summed E-state index contributed by atoms with van der Waals surface area (Å²) in [5.41, 5.74) is 0. The van der Waals surface area contributed by atoms with Crippen LogP contribution in [0.4, 0.5) is 0 Å². The molecular formula is C14H29ClN2. The van der Waals surface area contributed by atoms with Crippen LogP contribution in [0.3, 0.4) is 0 Å². The van der Waals surface area contributed by atoms with Crippen LogP contribution in [-0.2, 0) is 0 Å². The molecule has 0 aromatic rings. The fourth-order valence-corrected chi connectivity index (χ4v) is 2.99. The molecule has 3 heteroatoms. The molecule has 1 unspecified atom stereocenters. The van der Waals surface area contributed by atoms with Crippen LogP contribution in [0.1, 0.15) is 39.5 Å². The van der Waals surface area contributed by atoms with Gasteiger partial charge in [0.25, 0.3) is 0 Å². The maximum Gasteiger partial charge on any atom is 0.0225 e. The predicted octanol–water partition coefficient (Wildman–Crippen LogP) is 3.06. The van der Waals surface area contributed by atoms with Crippen LogP contribution in [0.25, 0.3) is 0 Å². The molecule has 0 N–H and O–H groups in total. The maximum absolute atomic E-state index is 5.77. The highest BCUT2D eigenvalue weighted by Crippen LogP contribution is 2.17. The van der Waals surface area contributed by atoms with E-state index in [0.29, 0.717) is 0 Å². The Bertz CT molecular complexity index is 191. The number of hydrogen-bond donors (Lipinski definition) is 0. The van der Waals surface area contributed by atoms with Gasteiger partial charge in [-0.05, 0) is 64.8 Å². The largest absolute Gasteiger partial charge is 0.303 e. The van der Waals surface area contributed by atoms with Gasteiger partial charge < -0.3 is 9.80 Å². The maximum atomic E-state index is 5.77. The summed E-state index contributed by atoms with van der Waals surface area (Å²) in [4.78, 5) is 5.12. The van der Waals surface area contributed by atoms with Crippen LogP contribution < -0.4 is 0 Å².